The molecule has 0 spiro atoms. The molecule has 1 aliphatic heterocycles. The van der Waals surface area contributed by atoms with Crippen molar-refractivity contribution < 1.29 is 4.74 Å². The largest absolute Gasteiger partial charge is 0.383 e. The molecule has 0 aliphatic carbocycles. The molecule has 3 heterocycles. The van der Waals surface area contributed by atoms with Gasteiger partial charge in [0.05, 0.1) is 36.1 Å². The minimum Gasteiger partial charge on any atom is -0.383 e. The predicted molar refractivity (Wildman–Crippen MR) is 109 cm³/mol. The SMILES string of the molecule is COCCn1cnc2cc(N3CCN(c4nc(C)cs4)CC3)ccc2c1=O. The van der Waals surface area contributed by atoms with Crippen LogP contribution in [-0.4, -0.2) is 54.4 Å². The molecule has 3 aromatic rings. The maximum absolute atomic E-state index is 12.6. The predicted octanol–water partition coefficient (Wildman–Crippen LogP) is 2.13. The Morgan fingerprint density at radius 2 is 1.96 bits per heavy atom. The average Bonchev–Trinajstić information content (AvgIpc) is 3.14. The molecule has 0 atom stereocenters. The molecule has 2 aromatic heterocycles. The van der Waals surface area contributed by atoms with E-state index in [1.165, 1.54) is 0 Å². The van der Waals surface area contributed by atoms with Gasteiger partial charge in [0.2, 0.25) is 0 Å². The van der Waals surface area contributed by atoms with Gasteiger partial charge in [0, 0.05) is 44.4 Å². The third-order valence-electron chi connectivity index (χ3n) is 4.87. The molecule has 1 aromatic carbocycles. The molecule has 0 N–H and O–H groups in total. The van der Waals surface area contributed by atoms with Crippen LogP contribution in [-0.2, 0) is 11.3 Å². The molecule has 8 heteroatoms. The lowest BCUT2D eigenvalue weighted by Crippen LogP contribution is -2.46. The standard InChI is InChI=1S/C19H23N5O2S/c1-14-12-27-19(21-14)23-7-5-22(6-8-23)15-3-4-16-17(11-15)20-13-24(18(16)25)9-10-26-2/h3-4,11-13H,5-10H2,1-2H3. The molecule has 1 fully saturated rings. The maximum Gasteiger partial charge on any atom is 0.261 e. The summed E-state index contributed by atoms with van der Waals surface area (Å²) in [6.45, 7) is 6.77. The number of fused-ring (bicyclic) bond motifs is 1. The van der Waals surface area contributed by atoms with Crippen molar-refractivity contribution in [2.75, 3.05) is 49.7 Å². The van der Waals surface area contributed by atoms with Crippen molar-refractivity contribution in [3.05, 3.63) is 46.0 Å². The van der Waals surface area contributed by atoms with Crippen molar-refractivity contribution in [2.24, 2.45) is 0 Å². The Labute approximate surface area is 161 Å². The fourth-order valence-electron chi connectivity index (χ4n) is 3.34. The third-order valence-corrected chi connectivity index (χ3v) is 5.89. The molecule has 1 aliphatic rings. The fraction of sp³-hybridized carbons (Fsp3) is 0.421. The first-order valence-electron chi connectivity index (χ1n) is 9.06. The van der Waals surface area contributed by atoms with Gasteiger partial charge in [0.15, 0.2) is 5.13 Å². The zero-order valence-corrected chi connectivity index (χ0v) is 16.4. The van der Waals surface area contributed by atoms with E-state index >= 15 is 0 Å². The van der Waals surface area contributed by atoms with Crippen LogP contribution in [0.2, 0.25) is 0 Å². The second kappa shape index (κ2) is 7.66. The fourth-order valence-corrected chi connectivity index (χ4v) is 4.19. The number of aryl methyl sites for hydroxylation is 1. The Hall–Kier alpha value is -2.45. The van der Waals surface area contributed by atoms with Gasteiger partial charge in [-0.1, -0.05) is 0 Å². The number of piperazine rings is 1. The van der Waals surface area contributed by atoms with Crippen LogP contribution in [0.25, 0.3) is 10.9 Å². The van der Waals surface area contributed by atoms with Gasteiger partial charge in [-0.3, -0.25) is 9.36 Å². The Kier molecular flexibility index (Phi) is 5.09. The van der Waals surface area contributed by atoms with Gasteiger partial charge in [-0.25, -0.2) is 9.97 Å². The quantitative estimate of drug-likeness (QED) is 0.671. The maximum atomic E-state index is 12.6. The number of benzene rings is 1. The first-order valence-corrected chi connectivity index (χ1v) is 9.94. The summed E-state index contributed by atoms with van der Waals surface area (Å²) < 4.78 is 6.65. The summed E-state index contributed by atoms with van der Waals surface area (Å²) in [5.74, 6) is 0. The van der Waals surface area contributed by atoms with Crippen LogP contribution >= 0.6 is 11.3 Å². The van der Waals surface area contributed by atoms with Crippen LogP contribution in [0.3, 0.4) is 0 Å². The topological polar surface area (TPSA) is 63.5 Å². The van der Waals surface area contributed by atoms with E-state index in [1.807, 2.05) is 25.1 Å². The summed E-state index contributed by atoms with van der Waals surface area (Å²) in [6, 6.07) is 5.93. The number of rotatable bonds is 5. The highest BCUT2D eigenvalue weighted by molar-refractivity contribution is 7.13. The zero-order chi connectivity index (χ0) is 18.8. The van der Waals surface area contributed by atoms with Crippen molar-refractivity contribution in [2.45, 2.75) is 13.5 Å². The van der Waals surface area contributed by atoms with E-state index in [4.69, 9.17) is 4.74 Å². The average molecular weight is 385 g/mol. The Balaban J connectivity index is 1.50. The highest BCUT2D eigenvalue weighted by Crippen LogP contribution is 2.24. The molecule has 7 nitrogen and oxygen atoms in total. The van der Waals surface area contributed by atoms with Crippen LogP contribution in [0.1, 0.15) is 5.69 Å². The number of aromatic nitrogens is 3. The van der Waals surface area contributed by atoms with Crippen molar-refractivity contribution in [1.82, 2.24) is 14.5 Å². The van der Waals surface area contributed by atoms with Gasteiger partial charge < -0.3 is 14.5 Å². The normalized spacial score (nSPS) is 14.9. The summed E-state index contributed by atoms with van der Waals surface area (Å²) in [5, 5.41) is 3.84. The number of hydrogen-bond donors (Lipinski definition) is 0. The molecule has 4 rings (SSSR count). The van der Waals surface area contributed by atoms with E-state index in [1.54, 1.807) is 29.3 Å². The van der Waals surface area contributed by atoms with Gasteiger partial charge in [-0.2, -0.15) is 0 Å². The molecule has 1 saturated heterocycles. The zero-order valence-electron chi connectivity index (χ0n) is 15.6. The van der Waals surface area contributed by atoms with E-state index in [-0.39, 0.29) is 5.56 Å². The van der Waals surface area contributed by atoms with Crippen molar-refractivity contribution in [3.63, 3.8) is 0 Å². The first-order chi connectivity index (χ1) is 13.2. The third kappa shape index (κ3) is 3.68. The van der Waals surface area contributed by atoms with Crippen LogP contribution in [0.4, 0.5) is 10.8 Å². The molecule has 27 heavy (non-hydrogen) atoms. The number of methoxy groups -OCH3 is 1. The Morgan fingerprint density at radius 1 is 1.19 bits per heavy atom. The molecular formula is C19H23N5O2S. The number of thiazole rings is 1. The second-order valence-electron chi connectivity index (χ2n) is 6.68. The lowest BCUT2D eigenvalue weighted by atomic mass is 10.2. The van der Waals surface area contributed by atoms with E-state index in [0.29, 0.717) is 18.5 Å². The van der Waals surface area contributed by atoms with Crippen LogP contribution in [0.5, 0.6) is 0 Å². The molecule has 0 unspecified atom stereocenters. The van der Waals surface area contributed by atoms with Crippen molar-refractivity contribution >= 4 is 33.1 Å². The Bertz CT molecular complexity index is 991. The van der Waals surface area contributed by atoms with Crippen LogP contribution < -0.4 is 15.4 Å². The van der Waals surface area contributed by atoms with E-state index in [9.17, 15) is 4.79 Å². The number of nitrogens with zero attached hydrogens (tertiary/aromatic N) is 5. The lowest BCUT2D eigenvalue weighted by Gasteiger charge is -2.36. The molecule has 0 saturated carbocycles. The highest BCUT2D eigenvalue weighted by atomic mass is 32.1. The van der Waals surface area contributed by atoms with E-state index < -0.39 is 0 Å². The molecule has 0 amide bonds. The Morgan fingerprint density at radius 3 is 2.67 bits per heavy atom. The summed E-state index contributed by atoms with van der Waals surface area (Å²) in [6.07, 6.45) is 1.61. The highest BCUT2D eigenvalue weighted by Gasteiger charge is 2.20. The summed E-state index contributed by atoms with van der Waals surface area (Å²) in [5.41, 5.74) is 2.91. The number of ether oxygens (including phenoxy) is 1. The monoisotopic (exact) mass is 385 g/mol. The lowest BCUT2D eigenvalue weighted by molar-refractivity contribution is 0.186. The first kappa shape index (κ1) is 17.9. The number of anilines is 2. The van der Waals surface area contributed by atoms with Gasteiger partial charge >= 0.3 is 0 Å². The minimum atomic E-state index is -0.0208. The molecule has 142 valence electrons. The number of hydrogen-bond acceptors (Lipinski definition) is 7. The molecular weight excluding hydrogens is 362 g/mol. The van der Waals surface area contributed by atoms with Gasteiger partial charge in [-0.15, -0.1) is 11.3 Å². The minimum absolute atomic E-state index is 0.0208. The van der Waals surface area contributed by atoms with Crippen LogP contribution in [0.15, 0.2) is 34.7 Å². The second-order valence-corrected chi connectivity index (χ2v) is 7.52. The smallest absolute Gasteiger partial charge is 0.261 e. The molecule has 0 bridgehead atoms. The van der Waals surface area contributed by atoms with Gasteiger partial charge in [-0.05, 0) is 25.1 Å². The summed E-state index contributed by atoms with van der Waals surface area (Å²) in [4.78, 5) is 26.3. The van der Waals surface area contributed by atoms with Crippen molar-refractivity contribution in [1.29, 1.82) is 0 Å². The summed E-state index contributed by atoms with van der Waals surface area (Å²) in [7, 11) is 1.63. The molecule has 0 radical (unpaired) electrons. The summed E-state index contributed by atoms with van der Waals surface area (Å²) >= 11 is 1.70. The van der Waals surface area contributed by atoms with E-state index in [0.717, 1.165) is 48.2 Å². The van der Waals surface area contributed by atoms with Gasteiger partial charge in [0.1, 0.15) is 0 Å². The van der Waals surface area contributed by atoms with Gasteiger partial charge in [0.25, 0.3) is 5.56 Å². The van der Waals surface area contributed by atoms with Crippen LogP contribution in [0, 0.1) is 6.92 Å². The van der Waals surface area contributed by atoms with Crippen molar-refractivity contribution in [3.8, 4) is 0 Å². The van der Waals surface area contributed by atoms with E-state index in [2.05, 4.69) is 25.1 Å².